The van der Waals surface area contributed by atoms with Crippen LogP contribution in [0.2, 0.25) is 0 Å². The maximum Gasteiger partial charge on any atom is 0.141 e. The Morgan fingerprint density at radius 3 is 2.60 bits per heavy atom. The number of hydrogen-bond acceptors (Lipinski definition) is 2. The molecule has 0 amide bonds. The lowest BCUT2D eigenvalue weighted by atomic mass is 9.85. The summed E-state index contributed by atoms with van der Waals surface area (Å²) < 4.78 is 19.9. The Kier molecular flexibility index (Phi) is 4.55. The molecule has 1 heterocycles. The summed E-state index contributed by atoms with van der Waals surface area (Å²) in [7, 11) is 0. The van der Waals surface area contributed by atoms with Gasteiger partial charge in [-0.3, -0.25) is 0 Å². The number of hydrogen-bond donors (Lipinski definition) is 1. The lowest BCUT2D eigenvalue weighted by Crippen LogP contribution is -2.32. The maximum atomic E-state index is 13.6. The Morgan fingerprint density at radius 1 is 1.30 bits per heavy atom. The van der Waals surface area contributed by atoms with Crippen LogP contribution in [0.1, 0.15) is 45.9 Å². The van der Waals surface area contributed by atoms with Crippen LogP contribution < -0.4 is 5.32 Å². The predicted molar refractivity (Wildman–Crippen MR) is 84.4 cm³/mol. The molecule has 0 saturated heterocycles. The largest absolute Gasteiger partial charge is 0.459 e. The summed E-state index contributed by atoms with van der Waals surface area (Å²) in [5.41, 5.74) is 0.618. The second kappa shape index (κ2) is 5.86. The molecule has 0 aliphatic carbocycles. The van der Waals surface area contributed by atoms with Crippen molar-refractivity contribution in [2.45, 2.75) is 40.2 Å². The fourth-order valence-electron chi connectivity index (χ4n) is 2.32. The van der Waals surface area contributed by atoms with Gasteiger partial charge in [0.15, 0.2) is 0 Å². The van der Waals surface area contributed by atoms with Gasteiger partial charge in [0.05, 0.1) is 10.5 Å². The first-order chi connectivity index (χ1) is 9.32. The van der Waals surface area contributed by atoms with Gasteiger partial charge in [-0.2, -0.15) is 0 Å². The highest BCUT2D eigenvalue weighted by Crippen LogP contribution is 2.36. The van der Waals surface area contributed by atoms with Gasteiger partial charge in [-0.15, -0.1) is 0 Å². The number of fused-ring (bicyclic) bond motifs is 1. The predicted octanol–water partition coefficient (Wildman–Crippen LogP) is 5.42. The normalized spacial score (nSPS) is 13.9. The molecule has 2 nitrogen and oxygen atoms in total. The van der Waals surface area contributed by atoms with Crippen LogP contribution in [0.5, 0.6) is 0 Å². The van der Waals surface area contributed by atoms with Crippen molar-refractivity contribution in [1.82, 2.24) is 5.32 Å². The fraction of sp³-hybridized carbons (Fsp3) is 0.500. The SMILES string of the molecule is CCCNC(c1cc2cc(Br)c(F)cc2o1)C(C)(C)C. The summed E-state index contributed by atoms with van der Waals surface area (Å²) >= 11 is 3.21. The van der Waals surface area contributed by atoms with Gasteiger partial charge in [0.25, 0.3) is 0 Å². The van der Waals surface area contributed by atoms with Crippen molar-refractivity contribution in [1.29, 1.82) is 0 Å². The van der Waals surface area contributed by atoms with Crippen LogP contribution in [0, 0.1) is 11.2 Å². The minimum atomic E-state index is -0.299. The monoisotopic (exact) mass is 341 g/mol. The highest BCUT2D eigenvalue weighted by atomic mass is 79.9. The summed E-state index contributed by atoms with van der Waals surface area (Å²) in [4.78, 5) is 0. The summed E-state index contributed by atoms with van der Waals surface area (Å²) in [6.45, 7) is 9.58. The van der Waals surface area contributed by atoms with Crippen molar-refractivity contribution in [2.24, 2.45) is 5.41 Å². The van der Waals surface area contributed by atoms with Crippen molar-refractivity contribution < 1.29 is 8.81 Å². The van der Waals surface area contributed by atoms with E-state index >= 15 is 0 Å². The van der Waals surface area contributed by atoms with Gasteiger partial charge in [-0.05, 0) is 46.4 Å². The smallest absolute Gasteiger partial charge is 0.141 e. The quantitative estimate of drug-likeness (QED) is 0.802. The molecule has 0 bridgehead atoms. The number of rotatable bonds is 4. The van der Waals surface area contributed by atoms with E-state index in [2.05, 4.69) is 48.9 Å². The van der Waals surface area contributed by atoms with E-state index in [1.54, 1.807) is 6.07 Å². The molecule has 1 unspecified atom stereocenters. The zero-order valence-corrected chi connectivity index (χ0v) is 14.0. The van der Waals surface area contributed by atoms with E-state index in [0.717, 1.165) is 24.1 Å². The molecule has 1 atom stereocenters. The van der Waals surface area contributed by atoms with Crippen LogP contribution in [0.3, 0.4) is 0 Å². The molecular formula is C16H21BrFNO. The van der Waals surface area contributed by atoms with Crippen LogP contribution in [0.15, 0.2) is 27.1 Å². The standard InChI is InChI=1S/C16H21BrFNO/c1-5-6-19-15(16(2,3)4)14-8-10-7-11(17)12(18)9-13(10)20-14/h7-9,15,19H,5-6H2,1-4H3. The summed E-state index contributed by atoms with van der Waals surface area (Å²) in [5.74, 6) is 0.561. The molecule has 20 heavy (non-hydrogen) atoms. The molecule has 0 radical (unpaired) electrons. The molecule has 2 rings (SSSR count). The van der Waals surface area contributed by atoms with Gasteiger partial charge in [0.1, 0.15) is 17.2 Å². The minimum Gasteiger partial charge on any atom is -0.459 e. The molecule has 0 spiro atoms. The topological polar surface area (TPSA) is 25.2 Å². The third-order valence-electron chi connectivity index (χ3n) is 3.33. The van der Waals surface area contributed by atoms with Crippen LogP contribution in [-0.2, 0) is 0 Å². The summed E-state index contributed by atoms with van der Waals surface area (Å²) in [5, 5.41) is 4.43. The summed E-state index contributed by atoms with van der Waals surface area (Å²) in [6, 6.07) is 5.30. The van der Waals surface area contributed by atoms with Crippen molar-refractivity contribution in [3.8, 4) is 0 Å². The zero-order chi connectivity index (χ0) is 14.9. The lowest BCUT2D eigenvalue weighted by molar-refractivity contribution is 0.242. The Labute approximate surface area is 127 Å². The average Bonchev–Trinajstić information content (AvgIpc) is 2.71. The molecule has 1 aromatic heterocycles. The minimum absolute atomic E-state index is 0.0266. The van der Waals surface area contributed by atoms with E-state index < -0.39 is 0 Å². The molecule has 1 N–H and O–H groups in total. The second-order valence-corrected chi connectivity index (χ2v) is 7.06. The second-order valence-electron chi connectivity index (χ2n) is 6.21. The Balaban J connectivity index is 2.43. The highest BCUT2D eigenvalue weighted by molar-refractivity contribution is 9.10. The van der Waals surface area contributed by atoms with E-state index in [1.165, 1.54) is 6.07 Å². The van der Waals surface area contributed by atoms with Crippen LogP contribution in [0.25, 0.3) is 11.0 Å². The van der Waals surface area contributed by atoms with Crippen molar-refractivity contribution >= 4 is 26.9 Å². The number of nitrogens with one attached hydrogen (secondary N) is 1. The van der Waals surface area contributed by atoms with Crippen molar-refractivity contribution in [2.75, 3.05) is 6.54 Å². The van der Waals surface area contributed by atoms with Crippen LogP contribution in [-0.4, -0.2) is 6.54 Å². The molecule has 110 valence electrons. The molecule has 0 fully saturated rings. The van der Waals surface area contributed by atoms with Crippen LogP contribution >= 0.6 is 15.9 Å². The first-order valence-electron chi connectivity index (χ1n) is 6.94. The molecule has 1 aromatic carbocycles. The van der Waals surface area contributed by atoms with Crippen LogP contribution in [0.4, 0.5) is 4.39 Å². The maximum absolute atomic E-state index is 13.6. The highest BCUT2D eigenvalue weighted by Gasteiger charge is 2.28. The lowest BCUT2D eigenvalue weighted by Gasteiger charge is -2.29. The number of benzene rings is 1. The van der Waals surface area contributed by atoms with Gasteiger partial charge in [0, 0.05) is 11.5 Å². The van der Waals surface area contributed by atoms with E-state index in [1.807, 2.05) is 6.07 Å². The molecule has 0 aliphatic rings. The third-order valence-corrected chi connectivity index (χ3v) is 3.93. The zero-order valence-electron chi connectivity index (χ0n) is 12.4. The Hall–Kier alpha value is -0.870. The number of furan rings is 1. The molecule has 2 aromatic rings. The number of halogens is 2. The molecule has 4 heteroatoms. The van der Waals surface area contributed by atoms with E-state index in [4.69, 9.17) is 4.42 Å². The third kappa shape index (κ3) is 3.23. The van der Waals surface area contributed by atoms with Gasteiger partial charge in [-0.25, -0.2) is 4.39 Å². The summed E-state index contributed by atoms with van der Waals surface area (Å²) in [6.07, 6.45) is 1.06. The first kappa shape index (κ1) is 15.5. The molecular weight excluding hydrogens is 321 g/mol. The van der Waals surface area contributed by atoms with Gasteiger partial charge < -0.3 is 9.73 Å². The molecule has 0 aliphatic heterocycles. The Bertz CT molecular complexity index is 561. The fourth-order valence-corrected chi connectivity index (χ4v) is 2.68. The van der Waals surface area contributed by atoms with Gasteiger partial charge in [-0.1, -0.05) is 27.7 Å². The van der Waals surface area contributed by atoms with E-state index in [-0.39, 0.29) is 17.3 Å². The Morgan fingerprint density at radius 2 is 2.00 bits per heavy atom. The van der Waals surface area contributed by atoms with Gasteiger partial charge in [0.2, 0.25) is 0 Å². The average molecular weight is 342 g/mol. The van der Waals surface area contributed by atoms with Crippen molar-refractivity contribution in [3.05, 3.63) is 34.2 Å². The first-order valence-corrected chi connectivity index (χ1v) is 7.74. The molecule has 0 saturated carbocycles. The van der Waals surface area contributed by atoms with Crippen molar-refractivity contribution in [3.63, 3.8) is 0 Å². The van der Waals surface area contributed by atoms with E-state index in [0.29, 0.717) is 10.1 Å². The van der Waals surface area contributed by atoms with E-state index in [9.17, 15) is 4.39 Å². The van der Waals surface area contributed by atoms with Gasteiger partial charge >= 0.3 is 0 Å².